The Kier molecular flexibility index (Phi) is 6.77. The standard InChI is InChI=1S/C28H32N4O2/c33-21-31-17-19-32(20-18-31)28(34)29-13-16-30-14-11-24(12-15-30)27-25-7-3-1-5-22(25)9-10-23-6-2-4-8-26(23)27/h1-10,21H,11-20H2,(H,29,34). The zero-order valence-corrected chi connectivity index (χ0v) is 19.6. The van der Waals surface area contributed by atoms with Gasteiger partial charge in [-0.05, 0) is 40.7 Å². The number of urea groups is 1. The molecule has 0 aromatic heterocycles. The summed E-state index contributed by atoms with van der Waals surface area (Å²) in [6, 6.07) is 17.4. The molecule has 1 aliphatic carbocycles. The molecule has 6 heteroatoms. The molecule has 1 N–H and O–H groups in total. The SMILES string of the molecule is O=CN1CCN(C(=O)NCCN2CCC(=C3c4ccccc4C=Cc4ccccc43)CC2)CC1. The van der Waals surface area contributed by atoms with Gasteiger partial charge in [0.15, 0.2) is 0 Å². The van der Waals surface area contributed by atoms with Gasteiger partial charge in [-0.3, -0.25) is 4.79 Å². The van der Waals surface area contributed by atoms with Crippen molar-refractivity contribution in [3.63, 3.8) is 0 Å². The van der Waals surface area contributed by atoms with E-state index in [9.17, 15) is 9.59 Å². The van der Waals surface area contributed by atoms with Crippen LogP contribution in [0.15, 0.2) is 54.1 Å². The van der Waals surface area contributed by atoms with Crippen LogP contribution in [0.4, 0.5) is 4.79 Å². The summed E-state index contributed by atoms with van der Waals surface area (Å²) in [6.07, 6.45) is 7.41. The maximum atomic E-state index is 12.4. The lowest BCUT2D eigenvalue weighted by molar-refractivity contribution is -0.119. The minimum Gasteiger partial charge on any atom is -0.342 e. The molecule has 3 aliphatic rings. The van der Waals surface area contributed by atoms with Crippen LogP contribution in [0.25, 0.3) is 17.7 Å². The maximum Gasteiger partial charge on any atom is 0.317 e. The monoisotopic (exact) mass is 456 g/mol. The normalized spacial score (nSPS) is 18.2. The molecule has 0 spiro atoms. The number of piperazine rings is 1. The quantitative estimate of drug-likeness (QED) is 0.611. The van der Waals surface area contributed by atoms with Gasteiger partial charge in [-0.1, -0.05) is 66.3 Å². The molecule has 2 aromatic carbocycles. The molecular weight excluding hydrogens is 424 g/mol. The number of fused-ring (bicyclic) bond motifs is 2. The smallest absolute Gasteiger partial charge is 0.317 e. The van der Waals surface area contributed by atoms with Crippen molar-refractivity contribution in [2.24, 2.45) is 0 Å². The largest absolute Gasteiger partial charge is 0.342 e. The van der Waals surface area contributed by atoms with Crippen LogP contribution in [0.5, 0.6) is 0 Å². The first-order chi connectivity index (χ1) is 16.7. The van der Waals surface area contributed by atoms with Gasteiger partial charge in [-0.15, -0.1) is 0 Å². The van der Waals surface area contributed by atoms with Crippen molar-refractivity contribution in [2.75, 3.05) is 52.4 Å². The average Bonchev–Trinajstić information content (AvgIpc) is 3.06. The molecule has 2 aromatic rings. The highest BCUT2D eigenvalue weighted by Gasteiger charge is 2.23. The highest BCUT2D eigenvalue weighted by molar-refractivity contribution is 5.94. The molecule has 5 rings (SSSR count). The summed E-state index contributed by atoms with van der Waals surface area (Å²) >= 11 is 0. The Morgan fingerprint density at radius 3 is 2.00 bits per heavy atom. The van der Waals surface area contributed by atoms with Crippen LogP contribution < -0.4 is 5.32 Å². The third-order valence-corrected chi connectivity index (χ3v) is 7.17. The van der Waals surface area contributed by atoms with Crippen molar-refractivity contribution in [3.05, 3.63) is 76.4 Å². The van der Waals surface area contributed by atoms with Crippen LogP contribution >= 0.6 is 0 Å². The highest BCUT2D eigenvalue weighted by Crippen LogP contribution is 2.38. The van der Waals surface area contributed by atoms with Crippen LogP contribution in [0.1, 0.15) is 35.1 Å². The van der Waals surface area contributed by atoms with Gasteiger partial charge in [0, 0.05) is 52.4 Å². The molecule has 0 radical (unpaired) electrons. The first-order valence-corrected chi connectivity index (χ1v) is 12.3. The predicted molar refractivity (Wildman–Crippen MR) is 136 cm³/mol. The molecule has 6 nitrogen and oxygen atoms in total. The maximum absolute atomic E-state index is 12.4. The van der Waals surface area contributed by atoms with E-state index in [4.69, 9.17) is 0 Å². The van der Waals surface area contributed by atoms with Gasteiger partial charge in [0.2, 0.25) is 6.41 Å². The van der Waals surface area contributed by atoms with Gasteiger partial charge in [-0.2, -0.15) is 0 Å². The highest BCUT2D eigenvalue weighted by atomic mass is 16.2. The number of nitrogens with zero attached hydrogens (tertiary/aromatic N) is 3. The minimum atomic E-state index is -0.0236. The van der Waals surface area contributed by atoms with Gasteiger partial charge in [0.25, 0.3) is 0 Å². The predicted octanol–water partition coefficient (Wildman–Crippen LogP) is 3.55. The summed E-state index contributed by atoms with van der Waals surface area (Å²) < 4.78 is 0. The molecule has 3 amide bonds. The fourth-order valence-corrected chi connectivity index (χ4v) is 5.21. The topological polar surface area (TPSA) is 55.9 Å². The number of carbonyl (C=O) groups is 2. The van der Waals surface area contributed by atoms with Crippen LogP contribution in [-0.2, 0) is 4.79 Å². The molecule has 176 valence electrons. The van der Waals surface area contributed by atoms with Gasteiger partial charge >= 0.3 is 6.03 Å². The number of nitrogens with one attached hydrogen (secondary N) is 1. The molecule has 2 saturated heterocycles. The summed E-state index contributed by atoms with van der Waals surface area (Å²) in [5.41, 5.74) is 8.14. The first kappa shape index (κ1) is 22.4. The van der Waals surface area contributed by atoms with Gasteiger partial charge < -0.3 is 20.0 Å². The summed E-state index contributed by atoms with van der Waals surface area (Å²) in [7, 11) is 0. The van der Waals surface area contributed by atoms with Crippen LogP contribution in [0.3, 0.4) is 0 Å². The van der Waals surface area contributed by atoms with E-state index in [-0.39, 0.29) is 6.03 Å². The van der Waals surface area contributed by atoms with E-state index < -0.39 is 0 Å². The number of piperidine rings is 1. The Hall–Kier alpha value is -3.38. The van der Waals surface area contributed by atoms with Gasteiger partial charge in [0.1, 0.15) is 0 Å². The van der Waals surface area contributed by atoms with E-state index in [0.717, 1.165) is 38.9 Å². The molecule has 2 aliphatic heterocycles. The summed E-state index contributed by atoms with van der Waals surface area (Å²) in [4.78, 5) is 29.2. The third kappa shape index (κ3) is 4.77. The van der Waals surface area contributed by atoms with E-state index in [1.165, 1.54) is 33.4 Å². The van der Waals surface area contributed by atoms with Gasteiger partial charge in [0.05, 0.1) is 0 Å². The molecule has 0 saturated carbocycles. The van der Waals surface area contributed by atoms with Gasteiger partial charge in [-0.25, -0.2) is 4.79 Å². The van der Waals surface area contributed by atoms with E-state index in [1.54, 1.807) is 9.80 Å². The fraction of sp³-hybridized carbons (Fsp3) is 0.357. The number of carbonyl (C=O) groups excluding carboxylic acids is 2. The average molecular weight is 457 g/mol. The van der Waals surface area contributed by atoms with Crippen molar-refractivity contribution >= 4 is 30.2 Å². The summed E-state index contributed by atoms with van der Waals surface area (Å²) in [6.45, 7) is 5.94. The Morgan fingerprint density at radius 1 is 0.824 bits per heavy atom. The lowest BCUT2D eigenvalue weighted by Gasteiger charge is -2.33. The number of hydrogen-bond acceptors (Lipinski definition) is 3. The number of likely N-dealkylation sites (tertiary alicyclic amines) is 1. The van der Waals surface area contributed by atoms with E-state index >= 15 is 0 Å². The lowest BCUT2D eigenvalue weighted by Crippen LogP contribution is -2.52. The number of amides is 3. The zero-order valence-electron chi connectivity index (χ0n) is 19.6. The van der Waals surface area contributed by atoms with Crippen molar-refractivity contribution in [2.45, 2.75) is 12.8 Å². The molecule has 34 heavy (non-hydrogen) atoms. The molecule has 0 bridgehead atoms. The van der Waals surface area contributed by atoms with Crippen molar-refractivity contribution in [1.29, 1.82) is 0 Å². The van der Waals surface area contributed by atoms with E-state index in [1.807, 2.05) is 0 Å². The van der Waals surface area contributed by atoms with E-state index in [2.05, 4.69) is 70.9 Å². The first-order valence-electron chi connectivity index (χ1n) is 12.3. The van der Waals surface area contributed by atoms with E-state index in [0.29, 0.717) is 32.7 Å². The van der Waals surface area contributed by atoms with Crippen LogP contribution in [0, 0.1) is 0 Å². The molecular formula is C28H32N4O2. The molecule has 2 fully saturated rings. The molecule has 0 unspecified atom stereocenters. The summed E-state index contributed by atoms with van der Waals surface area (Å²) in [5, 5.41) is 3.06. The minimum absolute atomic E-state index is 0.0236. The van der Waals surface area contributed by atoms with Crippen molar-refractivity contribution in [1.82, 2.24) is 20.0 Å². The second-order valence-electron chi connectivity index (χ2n) is 9.19. The third-order valence-electron chi connectivity index (χ3n) is 7.17. The second-order valence-corrected chi connectivity index (χ2v) is 9.19. The van der Waals surface area contributed by atoms with Crippen LogP contribution in [-0.4, -0.2) is 79.5 Å². The van der Waals surface area contributed by atoms with Crippen LogP contribution in [0.2, 0.25) is 0 Å². The second kappa shape index (κ2) is 10.3. The Morgan fingerprint density at radius 2 is 1.41 bits per heavy atom. The van der Waals surface area contributed by atoms with Crippen molar-refractivity contribution in [3.8, 4) is 0 Å². The molecule has 2 heterocycles. The summed E-state index contributed by atoms with van der Waals surface area (Å²) in [5.74, 6) is 0. The lowest BCUT2D eigenvalue weighted by atomic mass is 9.86. The Labute approximate surface area is 201 Å². The molecule has 0 atom stereocenters. The number of rotatable bonds is 4. The zero-order chi connectivity index (χ0) is 23.3. The van der Waals surface area contributed by atoms with Crippen molar-refractivity contribution < 1.29 is 9.59 Å². The number of hydrogen-bond donors (Lipinski definition) is 1. The Balaban J connectivity index is 1.21. The Bertz CT molecular complexity index is 1050. The number of benzene rings is 2. The fourth-order valence-electron chi connectivity index (χ4n) is 5.21.